The number of nitrogens with two attached hydrogens (primary N) is 1. The molecule has 4 nitrogen and oxygen atoms in total. The minimum absolute atomic E-state index is 0.0825. The highest BCUT2D eigenvalue weighted by atomic mass is 16.5. The zero-order chi connectivity index (χ0) is 14.6. The summed E-state index contributed by atoms with van der Waals surface area (Å²) in [4.78, 5) is 12.0. The van der Waals surface area contributed by atoms with E-state index in [0.29, 0.717) is 25.4 Å². The van der Waals surface area contributed by atoms with Crippen molar-refractivity contribution < 1.29 is 4.74 Å². The summed E-state index contributed by atoms with van der Waals surface area (Å²) in [6.07, 6.45) is 10.5. The molecule has 0 atom stereocenters. The van der Waals surface area contributed by atoms with Crippen molar-refractivity contribution in [2.24, 2.45) is 5.73 Å². The molecule has 4 heteroatoms. The topological polar surface area (TPSA) is 57.2 Å². The van der Waals surface area contributed by atoms with Gasteiger partial charge >= 0.3 is 0 Å². The Morgan fingerprint density at radius 2 is 1.85 bits per heavy atom. The molecular weight excluding hydrogens is 252 g/mol. The van der Waals surface area contributed by atoms with Crippen LogP contribution in [0, 0.1) is 0 Å². The molecule has 0 aliphatic carbocycles. The molecule has 114 valence electrons. The molecule has 0 unspecified atom stereocenters. The lowest BCUT2D eigenvalue weighted by atomic mass is 10.1. The van der Waals surface area contributed by atoms with Gasteiger partial charge in [-0.25, -0.2) is 0 Å². The van der Waals surface area contributed by atoms with E-state index in [1.165, 1.54) is 38.5 Å². The molecule has 0 fully saturated rings. The number of unbranched alkanes of at least 4 members (excludes halogenated alkanes) is 6. The Morgan fingerprint density at radius 3 is 2.55 bits per heavy atom. The summed E-state index contributed by atoms with van der Waals surface area (Å²) in [7, 11) is 0. The molecule has 0 spiro atoms. The summed E-state index contributed by atoms with van der Waals surface area (Å²) in [5.41, 5.74) is 5.39. The molecule has 0 aliphatic rings. The lowest BCUT2D eigenvalue weighted by Crippen LogP contribution is -2.24. The van der Waals surface area contributed by atoms with Gasteiger partial charge in [-0.1, -0.05) is 45.4 Å². The quantitative estimate of drug-likeness (QED) is 0.634. The Hall–Kier alpha value is -1.29. The molecule has 0 saturated heterocycles. The summed E-state index contributed by atoms with van der Waals surface area (Å²) in [6.45, 7) is 3.84. The van der Waals surface area contributed by atoms with Gasteiger partial charge < -0.3 is 15.0 Å². The van der Waals surface area contributed by atoms with Crippen molar-refractivity contribution in [3.05, 3.63) is 28.7 Å². The summed E-state index contributed by atoms with van der Waals surface area (Å²) in [6, 6.07) is 3.56. The number of aromatic nitrogens is 1. The van der Waals surface area contributed by atoms with Crippen molar-refractivity contribution in [1.82, 2.24) is 4.57 Å². The van der Waals surface area contributed by atoms with Crippen LogP contribution in [0.1, 0.15) is 51.9 Å². The molecule has 0 saturated carbocycles. The Bertz CT molecular complexity index is 415. The van der Waals surface area contributed by atoms with Gasteiger partial charge in [0.15, 0.2) is 5.75 Å². The minimum Gasteiger partial charge on any atom is -0.488 e. The summed E-state index contributed by atoms with van der Waals surface area (Å²) in [5.74, 6) is 0.437. The Balaban J connectivity index is 2.22. The van der Waals surface area contributed by atoms with E-state index >= 15 is 0 Å². The average Bonchev–Trinajstić information content (AvgIpc) is 2.45. The molecular formula is C16H28N2O2. The fourth-order valence-electron chi connectivity index (χ4n) is 2.18. The number of hydrogen-bond donors (Lipinski definition) is 1. The second kappa shape index (κ2) is 10.5. The average molecular weight is 280 g/mol. The third-order valence-corrected chi connectivity index (χ3v) is 3.36. The van der Waals surface area contributed by atoms with Crippen LogP contribution in [0.5, 0.6) is 5.75 Å². The molecule has 1 rings (SSSR count). The first-order chi connectivity index (χ1) is 9.79. The van der Waals surface area contributed by atoms with E-state index in [1.807, 2.05) is 6.07 Å². The van der Waals surface area contributed by atoms with Gasteiger partial charge in [0.25, 0.3) is 5.56 Å². The fourth-order valence-corrected chi connectivity index (χ4v) is 2.18. The van der Waals surface area contributed by atoms with Gasteiger partial charge in [-0.3, -0.25) is 4.79 Å². The lowest BCUT2D eigenvalue weighted by Gasteiger charge is -2.08. The van der Waals surface area contributed by atoms with Crippen LogP contribution in [0.25, 0.3) is 0 Å². The highest BCUT2D eigenvalue weighted by molar-refractivity contribution is 5.17. The highest BCUT2D eigenvalue weighted by Gasteiger charge is 2.03. The van der Waals surface area contributed by atoms with Gasteiger partial charge in [-0.05, 0) is 18.6 Å². The van der Waals surface area contributed by atoms with E-state index in [0.717, 1.165) is 6.42 Å². The Morgan fingerprint density at radius 1 is 1.15 bits per heavy atom. The molecule has 1 aromatic rings. The van der Waals surface area contributed by atoms with Crippen LogP contribution < -0.4 is 16.0 Å². The zero-order valence-electron chi connectivity index (χ0n) is 12.6. The molecule has 20 heavy (non-hydrogen) atoms. The molecule has 0 amide bonds. The van der Waals surface area contributed by atoms with E-state index in [4.69, 9.17) is 10.5 Å². The van der Waals surface area contributed by atoms with Crippen molar-refractivity contribution >= 4 is 0 Å². The van der Waals surface area contributed by atoms with Gasteiger partial charge in [0.2, 0.25) is 0 Å². The summed E-state index contributed by atoms with van der Waals surface area (Å²) < 4.78 is 7.17. The molecule has 0 bridgehead atoms. The number of nitrogens with zero attached hydrogens (tertiary/aromatic N) is 1. The maximum atomic E-state index is 12.0. The van der Waals surface area contributed by atoms with Gasteiger partial charge in [0, 0.05) is 19.3 Å². The van der Waals surface area contributed by atoms with E-state index in [2.05, 4.69) is 6.92 Å². The number of ether oxygens (including phenoxy) is 1. The maximum Gasteiger partial charge on any atom is 0.292 e. The standard InChI is InChI=1S/C16H28N2O2/c1-2-3-4-5-6-7-8-14-20-15-10-9-12-18(13-11-17)16(15)19/h9-10,12H,2-8,11,13-14,17H2,1H3. The lowest BCUT2D eigenvalue weighted by molar-refractivity contribution is 0.298. The predicted octanol–water partition coefficient (Wildman–Crippen LogP) is 2.94. The first-order valence-electron chi connectivity index (χ1n) is 7.82. The first-order valence-corrected chi connectivity index (χ1v) is 7.82. The van der Waals surface area contributed by atoms with E-state index in [9.17, 15) is 4.79 Å². The summed E-state index contributed by atoms with van der Waals surface area (Å²) >= 11 is 0. The fraction of sp³-hybridized carbons (Fsp3) is 0.688. The summed E-state index contributed by atoms with van der Waals surface area (Å²) in [5, 5.41) is 0. The van der Waals surface area contributed by atoms with Crippen LogP contribution in [-0.2, 0) is 6.54 Å². The largest absolute Gasteiger partial charge is 0.488 e. The number of rotatable bonds is 11. The van der Waals surface area contributed by atoms with Crippen molar-refractivity contribution in [3.8, 4) is 5.75 Å². The van der Waals surface area contributed by atoms with E-state index in [-0.39, 0.29) is 5.56 Å². The minimum atomic E-state index is -0.0825. The molecule has 1 aromatic heterocycles. The Kier molecular flexibility index (Phi) is 8.79. The molecule has 0 aliphatic heterocycles. The predicted molar refractivity (Wildman–Crippen MR) is 83.2 cm³/mol. The van der Waals surface area contributed by atoms with Gasteiger partial charge in [0.05, 0.1) is 6.61 Å². The van der Waals surface area contributed by atoms with Gasteiger partial charge in [0.1, 0.15) is 0 Å². The highest BCUT2D eigenvalue weighted by Crippen LogP contribution is 2.08. The second-order valence-electron chi connectivity index (χ2n) is 5.13. The van der Waals surface area contributed by atoms with Crippen LogP contribution in [0.15, 0.2) is 23.1 Å². The van der Waals surface area contributed by atoms with Crippen LogP contribution >= 0.6 is 0 Å². The van der Waals surface area contributed by atoms with Crippen LogP contribution in [0.3, 0.4) is 0 Å². The molecule has 0 aromatic carbocycles. The van der Waals surface area contributed by atoms with Crippen molar-refractivity contribution in [2.75, 3.05) is 13.2 Å². The normalized spacial score (nSPS) is 10.7. The third-order valence-electron chi connectivity index (χ3n) is 3.36. The zero-order valence-corrected chi connectivity index (χ0v) is 12.6. The Labute approximate surface area is 121 Å². The van der Waals surface area contributed by atoms with Crippen molar-refractivity contribution in [3.63, 3.8) is 0 Å². The second-order valence-corrected chi connectivity index (χ2v) is 5.13. The molecule has 2 N–H and O–H groups in total. The molecule has 1 heterocycles. The van der Waals surface area contributed by atoms with Gasteiger partial charge in [-0.15, -0.1) is 0 Å². The van der Waals surface area contributed by atoms with Crippen LogP contribution in [-0.4, -0.2) is 17.7 Å². The van der Waals surface area contributed by atoms with Crippen molar-refractivity contribution in [2.45, 2.75) is 58.4 Å². The van der Waals surface area contributed by atoms with Gasteiger partial charge in [-0.2, -0.15) is 0 Å². The third kappa shape index (κ3) is 6.24. The number of pyridine rings is 1. The smallest absolute Gasteiger partial charge is 0.292 e. The van der Waals surface area contributed by atoms with Crippen LogP contribution in [0.4, 0.5) is 0 Å². The molecule has 0 radical (unpaired) electrons. The van der Waals surface area contributed by atoms with E-state index < -0.39 is 0 Å². The number of hydrogen-bond acceptors (Lipinski definition) is 3. The van der Waals surface area contributed by atoms with E-state index in [1.54, 1.807) is 16.8 Å². The maximum absolute atomic E-state index is 12.0. The monoisotopic (exact) mass is 280 g/mol. The van der Waals surface area contributed by atoms with Crippen molar-refractivity contribution in [1.29, 1.82) is 0 Å². The first kappa shape index (κ1) is 16.8. The SMILES string of the molecule is CCCCCCCCCOc1cccn(CCN)c1=O. The van der Waals surface area contributed by atoms with Crippen LogP contribution in [0.2, 0.25) is 0 Å².